The van der Waals surface area contributed by atoms with Crippen LogP contribution in [0.2, 0.25) is 0 Å². The van der Waals surface area contributed by atoms with Crippen molar-refractivity contribution in [3.8, 4) is 0 Å². The van der Waals surface area contributed by atoms with Crippen LogP contribution in [0.5, 0.6) is 0 Å². The minimum Gasteiger partial charge on any atom is -0.790 e. The SMILES string of the molecule is CCCCCCCCCCCCCCCC(=O)O[C@H](COC(=O)CCCCCCCCCCCN)COP(=O)([O-])OC1[C@H](O)[C@H](OP(=O)([O-])[O-])C(OP(=O)([O-])[O-])[C@H](OP(=O)([O-])[O-])[C@H]1O.[Na+].[Na+].[Na+].[Na+].[Na+].[Na+].[Na+]. The monoisotopic (exact) mass is 1160 g/mol. The van der Waals surface area contributed by atoms with E-state index in [0.717, 1.165) is 77.0 Å². The summed E-state index contributed by atoms with van der Waals surface area (Å²) in [6.07, 6.45) is 2.36. The van der Waals surface area contributed by atoms with E-state index in [2.05, 4.69) is 25.0 Å². The van der Waals surface area contributed by atoms with E-state index in [9.17, 15) is 72.3 Å². The first-order valence-electron chi connectivity index (χ1n) is 22.1. The second-order valence-corrected chi connectivity index (χ2v) is 20.5. The molecule has 1 fully saturated rings. The largest absolute Gasteiger partial charge is 1.00 e. The van der Waals surface area contributed by atoms with Gasteiger partial charge in [-0.15, -0.1) is 0 Å². The van der Waals surface area contributed by atoms with Crippen LogP contribution in [0.4, 0.5) is 0 Å². The number of unbranched alkanes of at least 4 members (excludes halogenated alkanes) is 20. The Bertz CT molecular complexity index is 1470. The molecule has 0 heterocycles. The summed E-state index contributed by atoms with van der Waals surface area (Å²) in [6.45, 7) is 1.00. The van der Waals surface area contributed by atoms with Gasteiger partial charge in [0.05, 0.1) is 30.1 Å². The van der Waals surface area contributed by atoms with Gasteiger partial charge in [0, 0.05) is 12.8 Å². The molecule has 0 aromatic heterocycles. The molecular weight excluding hydrogens is 1100 g/mol. The number of phosphoric acid groups is 4. The van der Waals surface area contributed by atoms with Gasteiger partial charge < -0.3 is 96.0 Å². The zero-order valence-corrected chi connectivity index (χ0v) is 61.1. The minimum absolute atomic E-state index is 0. The van der Waals surface area contributed by atoms with Crippen LogP contribution in [0, 0.1) is 0 Å². The molecule has 1 rings (SSSR count). The van der Waals surface area contributed by atoms with Gasteiger partial charge in [0.2, 0.25) is 0 Å². The number of rotatable bonds is 39. The Morgan fingerprint density at radius 2 is 0.789 bits per heavy atom. The van der Waals surface area contributed by atoms with E-state index in [1.54, 1.807) is 0 Å². The molecule has 23 nitrogen and oxygen atoms in total. The zero-order chi connectivity index (χ0) is 48.2. The van der Waals surface area contributed by atoms with E-state index in [1.807, 2.05) is 0 Å². The van der Waals surface area contributed by atoms with Crippen LogP contribution < -0.4 is 247 Å². The number of hydrogen-bond acceptors (Lipinski definition) is 23. The number of hydrogen-bond donors (Lipinski definition) is 3. The Morgan fingerprint density at radius 3 is 1.14 bits per heavy atom. The normalized spacial score (nSPS) is 20.0. The van der Waals surface area contributed by atoms with Gasteiger partial charge in [-0.05, 0) is 25.8 Å². The second kappa shape index (κ2) is 51.9. The van der Waals surface area contributed by atoms with Gasteiger partial charge in [0.25, 0.3) is 7.82 Å². The van der Waals surface area contributed by atoms with E-state index < -0.39 is 99.2 Å². The predicted molar refractivity (Wildman–Crippen MR) is 214 cm³/mol. The van der Waals surface area contributed by atoms with Crippen molar-refractivity contribution in [3.05, 3.63) is 0 Å². The molecule has 1 aliphatic rings. The number of nitrogens with two attached hydrogens (primary N) is 1. The number of phosphoric ester groups is 4. The van der Waals surface area contributed by atoms with Gasteiger partial charge >= 0.3 is 219 Å². The van der Waals surface area contributed by atoms with Crippen molar-refractivity contribution >= 4 is 43.2 Å². The number of aliphatic hydroxyl groups excluding tert-OH is 2. The Hall–Kier alpha value is 6.26. The molecule has 0 aromatic carbocycles. The maximum atomic E-state index is 13.0. The van der Waals surface area contributed by atoms with E-state index in [0.29, 0.717) is 25.8 Å². The van der Waals surface area contributed by atoms with Crippen molar-refractivity contribution in [1.29, 1.82) is 0 Å². The van der Waals surface area contributed by atoms with E-state index in [4.69, 9.17) is 19.7 Å². The third kappa shape index (κ3) is 49.4. The first-order chi connectivity index (χ1) is 30.0. The van der Waals surface area contributed by atoms with Crippen LogP contribution >= 0.6 is 31.3 Å². The molecule has 0 radical (unpaired) electrons. The van der Waals surface area contributed by atoms with Gasteiger partial charge in [0.15, 0.2) is 6.10 Å². The average Bonchev–Trinajstić information content (AvgIpc) is 3.18. The van der Waals surface area contributed by atoms with Gasteiger partial charge in [-0.3, -0.25) is 14.2 Å². The van der Waals surface area contributed by atoms with E-state index in [-0.39, 0.29) is 220 Å². The fourth-order valence-corrected chi connectivity index (χ4v) is 9.58. The summed E-state index contributed by atoms with van der Waals surface area (Å²) in [6, 6.07) is 0. The van der Waals surface area contributed by atoms with E-state index >= 15 is 0 Å². The third-order valence-electron chi connectivity index (χ3n) is 10.2. The quantitative estimate of drug-likeness (QED) is 0.0223. The molecule has 0 bridgehead atoms. The number of ether oxygens (including phenoxy) is 2. The van der Waals surface area contributed by atoms with Crippen LogP contribution in [0.25, 0.3) is 0 Å². The first kappa shape index (κ1) is 91.0. The van der Waals surface area contributed by atoms with Crippen LogP contribution in [0.3, 0.4) is 0 Å². The van der Waals surface area contributed by atoms with Gasteiger partial charge in [-0.2, -0.15) is 0 Å². The molecule has 8 atom stereocenters. The van der Waals surface area contributed by atoms with Crippen LogP contribution in [-0.4, -0.2) is 84.6 Å². The molecule has 0 spiro atoms. The predicted octanol–water partition coefficient (Wildman–Crippen LogP) is -19.9. The Labute approximate surface area is 575 Å². The summed E-state index contributed by atoms with van der Waals surface area (Å²) in [5, 5.41) is 21.5. The molecule has 4 N–H and O–H groups in total. The van der Waals surface area contributed by atoms with Crippen LogP contribution in [-0.2, 0) is 59.9 Å². The Kier molecular flexibility index (Phi) is 66.5. The smallest absolute Gasteiger partial charge is 0.790 e. The summed E-state index contributed by atoms with van der Waals surface area (Å²) in [4.78, 5) is 107. The van der Waals surface area contributed by atoms with Crippen molar-refractivity contribution in [1.82, 2.24) is 0 Å². The van der Waals surface area contributed by atoms with Crippen LogP contribution in [0.1, 0.15) is 161 Å². The average molecular weight is 1160 g/mol. The summed E-state index contributed by atoms with van der Waals surface area (Å²) in [5.74, 6) is -1.51. The van der Waals surface area contributed by atoms with Gasteiger partial charge in [-0.25, -0.2) is 0 Å². The molecule has 0 amide bonds. The fraction of sp³-hybridized carbons (Fsp3) is 0.946. The van der Waals surface area contributed by atoms with Crippen molar-refractivity contribution in [2.75, 3.05) is 19.8 Å². The Balaban J connectivity index is -0.00000117. The molecule has 0 aliphatic heterocycles. The molecule has 0 aromatic rings. The summed E-state index contributed by atoms with van der Waals surface area (Å²) < 4.78 is 79.2. The second-order valence-electron chi connectivity index (χ2n) is 15.9. The third-order valence-corrected chi connectivity index (χ3v) is 12.7. The molecule has 380 valence electrons. The molecular formula is C37H68NNa7O22P4. The zero-order valence-electron chi connectivity index (χ0n) is 43.6. The summed E-state index contributed by atoms with van der Waals surface area (Å²) >= 11 is 0. The molecule has 71 heavy (non-hydrogen) atoms. The number of esters is 2. The maximum absolute atomic E-state index is 13.0. The summed E-state index contributed by atoms with van der Waals surface area (Å²) in [5.41, 5.74) is 5.50. The van der Waals surface area contributed by atoms with Crippen molar-refractivity contribution < 1.29 is 311 Å². The maximum Gasteiger partial charge on any atom is 1.00 e. The molecule has 3 unspecified atom stereocenters. The van der Waals surface area contributed by atoms with Crippen molar-refractivity contribution in [2.45, 2.75) is 204 Å². The first-order valence-corrected chi connectivity index (χ1v) is 28.0. The van der Waals surface area contributed by atoms with Crippen LogP contribution in [0.15, 0.2) is 0 Å². The van der Waals surface area contributed by atoms with Crippen molar-refractivity contribution in [3.63, 3.8) is 0 Å². The molecule has 34 heteroatoms. The van der Waals surface area contributed by atoms with E-state index in [1.165, 1.54) is 44.9 Å². The molecule has 1 saturated carbocycles. The number of carbonyl (C=O) groups is 2. The van der Waals surface area contributed by atoms with Gasteiger partial charge in [0.1, 0.15) is 43.2 Å². The minimum atomic E-state index is -6.37. The summed E-state index contributed by atoms with van der Waals surface area (Å²) in [7, 11) is -25.1. The Morgan fingerprint density at radius 1 is 0.465 bits per heavy atom. The standard InChI is InChI=1S/C37H75NO22P4.7Na/c1-2-3-4-5-6-7-8-9-10-12-16-19-22-25-31(40)56-29(27-54-30(39)24-21-18-15-13-11-14-17-20-23-26-38)28-55-64(52,53)60-34-32(41)35(57-61(43,44)45)37(59-63(49,50)51)36(33(34)42)58-62(46,47)48;;;;;;;/h29,32-37,41-42H,2-28,38H2,1H3,(H,52,53)(H2,43,44,45)(H2,46,47,48)(H2,49,50,51);;;;;;;/q;7*+1/p-7/t29-,32+,33+,34?,35-,36+,37?;;;;;;;/m1......./s1. The van der Waals surface area contributed by atoms with Gasteiger partial charge in [-0.1, -0.05) is 129 Å². The molecule has 1 aliphatic carbocycles. The number of carbonyl (C=O) groups excluding carboxylic acids is 2. The molecule has 0 saturated heterocycles. The fourth-order valence-electron chi connectivity index (χ4n) is 7.00. The van der Waals surface area contributed by atoms with Crippen molar-refractivity contribution in [2.24, 2.45) is 5.73 Å². The number of aliphatic hydroxyl groups is 2. The topological polar surface area (TPSA) is 395 Å².